The van der Waals surface area contributed by atoms with E-state index in [0.717, 1.165) is 11.3 Å². The molecule has 1 rings (SSSR count). The smallest absolute Gasteiger partial charge is 0.0449 e. The lowest BCUT2D eigenvalue weighted by Crippen LogP contribution is -2.13. The molecule has 0 saturated heterocycles. The maximum absolute atomic E-state index is 3.83. The van der Waals surface area contributed by atoms with E-state index < -0.39 is 0 Å². The van der Waals surface area contributed by atoms with E-state index >= 15 is 0 Å². The quantitative estimate of drug-likeness (QED) is 0.438. The second-order valence-corrected chi connectivity index (χ2v) is 9.16. The van der Waals surface area contributed by atoms with Gasteiger partial charge in [0.1, 0.15) is 0 Å². The van der Waals surface area contributed by atoms with E-state index in [9.17, 15) is 0 Å². The third-order valence-electron chi connectivity index (χ3n) is 4.27. The molecule has 0 heterocycles. The van der Waals surface area contributed by atoms with Gasteiger partial charge in [-0.15, -0.1) is 0 Å². The summed E-state index contributed by atoms with van der Waals surface area (Å²) in [5.41, 5.74) is 5.03. The lowest BCUT2D eigenvalue weighted by Gasteiger charge is -2.23. The summed E-state index contributed by atoms with van der Waals surface area (Å²) in [6.07, 6.45) is 14.1. The van der Waals surface area contributed by atoms with E-state index in [1.54, 1.807) is 6.08 Å². The SMILES string of the molecule is C=C/C=C(\C=C/N(/C=C\C)c1ccc(C(C)(C)C)cc1)C(C)(C)C.C=CC(=C)C. The van der Waals surface area contributed by atoms with E-state index in [0.29, 0.717) is 0 Å². The average Bonchev–Trinajstić information content (AvgIpc) is 2.63. The molecule has 0 spiro atoms. The Labute approximate surface area is 180 Å². The van der Waals surface area contributed by atoms with Gasteiger partial charge in [-0.25, -0.2) is 0 Å². The number of rotatable bonds is 6. The maximum atomic E-state index is 3.83. The molecule has 1 nitrogen and oxygen atoms in total. The molecular formula is C28H41N. The molecule has 29 heavy (non-hydrogen) atoms. The molecule has 0 bridgehead atoms. The fraction of sp³-hybridized carbons (Fsp3) is 0.357. The van der Waals surface area contributed by atoms with Crippen molar-refractivity contribution in [2.24, 2.45) is 5.41 Å². The second kappa shape index (κ2) is 12.1. The molecule has 1 aromatic carbocycles. The predicted molar refractivity (Wildman–Crippen MR) is 134 cm³/mol. The topological polar surface area (TPSA) is 3.24 Å². The number of anilines is 1. The highest BCUT2D eigenvalue weighted by Crippen LogP contribution is 2.28. The van der Waals surface area contributed by atoms with Crippen LogP contribution in [0.1, 0.15) is 61.0 Å². The highest BCUT2D eigenvalue weighted by Gasteiger charge is 2.15. The lowest BCUT2D eigenvalue weighted by atomic mass is 9.86. The van der Waals surface area contributed by atoms with Gasteiger partial charge >= 0.3 is 0 Å². The van der Waals surface area contributed by atoms with Crippen LogP contribution in [0.4, 0.5) is 5.69 Å². The van der Waals surface area contributed by atoms with Gasteiger partial charge in [-0.05, 0) is 54.0 Å². The Morgan fingerprint density at radius 3 is 1.79 bits per heavy atom. The van der Waals surface area contributed by atoms with Gasteiger partial charge in [-0.1, -0.05) is 103 Å². The van der Waals surface area contributed by atoms with E-state index in [4.69, 9.17) is 0 Å². The summed E-state index contributed by atoms with van der Waals surface area (Å²) in [5.74, 6) is 0. The van der Waals surface area contributed by atoms with Gasteiger partial charge < -0.3 is 4.90 Å². The van der Waals surface area contributed by atoms with E-state index in [1.807, 2.05) is 19.9 Å². The first-order chi connectivity index (χ1) is 13.4. The zero-order valence-corrected chi connectivity index (χ0v) is 19.9. The van der Waals surface area contributed by atoms with Gasteiger partial charge in [-0.2, -0.15) is 0 Å². The van der Waals surface area contributed by atoms with Crippen LogP contribution in [0.3, 0.4) is 0 Å². The molecule has 158 valence electrons. The summed E-state index contributed by atoms with van der Waals surface area (Å²) < 4.78 is 0. The third-order valence-corrected chi connectivity index (χ3v) is 4.27. The number of hydrogen-bond donors (Lipinski definition) is 0. The first kappa shape index (κ1) is 26.5. The van der Waals surface area contributed by atoms with E-state index in [2.05, 4.69) is 121 Å². The van der Waals surface area contributed by atoms with Crippen LogP contribution in [0, 0.1) is 5.41 Å². The Kier molecular flexibility index (Phi) is 11.1. The lowest BCUT2D eigenvalue weighted by molar-refractivity contribution is 0.517. The molecule has 0 N–H and O–H groups in total. The van der Waals surface area contributed by atoms with E-state index in [-0.39, 0.29) is 10.8 Å². The molecule has 0 aromatic heterocycles. The van der Waals surface area contributed by atoms with Crippen LogP contribution in [0.2, 0.25) is 0 Å². The highest BCUT2D eigenvalue weighted by atomic mass is 15.1. The molecule has 0 aliphatic heterocycles. The minimum Gasteiger partial charge on any atom is -0.324 e. The Morgan fingerprint density at radius 1 is 0.931 bits per heavy atom. The number of benzene rings is 1. The third kappa shape index (κ3) is 10.5. The number of hydrogen-bond acceptors (Lipinski definition) is 1. The Hall–Kier alpha value is -2.54. The summed E-state index contributed by atoms with van der Waals surface area (Å²) in [6, 6.07) is 8.78. The van der Waals surface area contributed by atoms with Crippen molar-refractivity contribution in [1.29, 1.82) is 0 Å². The zero-order chi connectivity index (χ0) is 22.7. The second-order valence-electron chi connectivity index (χ2n) is 9.16. The molecule has 0 atom stereocenters. The normalized spacial score (nSPS) is 12.5. The van der Waals surface area contributed by atoms with Crippen molar-refractivity contribution in [2.75, 3.05) is 4.90 Å². The van der Waals surface area contributed by atoms with Gasteiger partial charge in [0.2, 0.25) is 0 Å². The van der Waals surface area contributed by atoms with Crippen LogP contribution < -0.4 is 4.90 Å². The fourth-order valence-corrected chi connectivity index (χ4v) is 2.36. The first-order valence-corrected chi connectivity index (χ1v) is 10.2. The summed E-state index contributed by atoms with van der Waals surface area (Å²) in [6.45, 7) is 28.1. The average molecular weight is 392 g/mol. The van der Waals surface area contributed by atoms with Crippen molar-refractivity contribution in [3.05, 3.63) is 103 Å². The summed E-state index contributed by atoms with van der Waals surface area (Å²) in [5, 5.41) is 0. The first-order valence-electron chi connectivity index (χ1n) is 10.2. The summed E-state index contributed by atoms with van der Waals surface area (Å²) in [4.78, 5) is 2.15. The van der Waals surface area contributed by atoms with Crippen LogP contribution >= 0.6 is 0 Å². The van der Waals surface area contributed by atoms with Gasteiger partial charge in [0, 0.05) is 18.1 Å². The van der Waals surface area contributed by atoms with Gasteiger partial charge in [0.25, 0.3) is 0 Å². The maximum Gasteiger partial charge on any atom is 0.0449 e. The van der Waals surface area contributed by atoms with Crippen molar-refractivity contribution < 1.29 is 0 Å². The predicted octanol–water partition coefficient (Wildman–Crippen LogP) is 8.74. The molecule has 0 aliphatic carbocycles. The van der Waals surface area contributed by atoms with E-state index in [1.165, 1.54) is 11.1 Å². The van der Waals surface area contributed by atoms with Crippen molar-refractivity contribution in [1.82, 2.24) is 0 Å². The Balaban J connectivity index is 0.00000139. The van der Waals surface area contributed by atoms with Crippen molar-refractivity contribution in [3.63, 3.8) is 0 Å². The van der Waals surface area contributed by atoms with Crippen LogP contribution in [-0.4, -0.2) is 0 Å². The van der Waals surface area contributed by atoms with Crippen LogP contribution in [0.5, 0.6) is 0 Å². The molecule has 0 radical (unpaired) electrons. The molecular weight excluding hydrogens is 350 g/mol. The monoisotopic (exact) mass is 391 g/mol. The molecule has 0 saturated carbocycles. The fourth-order valence-electron chi connectivity index (χ4n) is 2.36. The summed E-state index contributed by atoms with van der Waals surface area (Å²) in [7, 11) is 0. The molecule has 0 fully saturated rings. The Bertz CT molecular complexity index is 741. The standard InChI is InChI=1S/C23H33N.C5H8/c1-9-11-19(22(3,4)5)16-18-24(17-10-2)21-14-12-20(13-15-21)23(6,7)8;1-4-5(2)3/h9-18H,1H2,2-8H3;4H,1-2H2,3H3/b17-10-,18-16-,19-11+;. The van der Waals surface area contributed by atoms with Crippen LogP contribution in [-0.2, 0) is 5.41 Å². The van der Waals surface area contributed by atoms with Crippen molar-refractivity contribution >= 4 is 5.69 Å². The number of allylic oxidation sites excluding steroid dienone is 7. The minimum atomic E-state index is 0.0857. The minimum absolute atomic E-state index is 0.0857. The number of nitrogens with zero attached hydrogens (tertiary/aromatic N) is 1. The van der Waals surface area contributed by atoms with Gasteiger partial charge in [0.15, 0.2) is 0 Å². The molecule has 0 unspecified atom stereocenters. The van der Waals surface area contributed by atoms with Crippen LogP contribution in [0.15, 0.2) is 97.9 Å². The molecule has 1 aromatic rings. The van der Waals surface area contributed by atoms with Crippen molar-refractivity contribution in [3.8, 4) is 0 Å². The molecule has 0 amide bonds. The zero-order valence-electron chi connectivity index (χ0n) is 19.9. The van der Waals surface area contributed by atoms with Crippen molar-refractivity contribution in [2.45, 2.75) is 60.8 Å². The van der Waals surface area contributed by atoms with Crippen LogP contribution in [0.25, 0.3) is 0 Å². The molecule has 1 heteroatoms. The van der Waals surface area contributed by atoms with Gasteiger partial charge in [0.05, 0.1) is 0 Å². The largest absolute Gasteiger partial charge is 0.324 e. The molecule has 0 aliphatic rings. The summed E-state index contributed by atoms with van der Waals surface area (Å²) >= 11 is 0. The Morgan fingerprint density at radius 2 is 1.45 bits per heavy atom. The highest BCUT2D eigenvalue weighted by molar-refractivity contribution is 5.54. The van der Waals surface area contributed by atoms with Gasteiger partial charge in [-0.3, -0.25) is 0 Å².